The first-order chi connectivity index (χ1) is 19.8. The number of β-lactam (4-membered cyclic amide) rings is 1. The van der Waals surface area contributed by atoms with Gasteiger partial charge >= 0.3 is 5.97 Å². The molecule has 3 unspecified atom stereocenters. The largest absolute Gasteiger partial charge is 0.481 e. The maximum atomic E-state index is 13.3. The lowest BCUT2D eigenvalue weighted by atomic mass is 9.89. The number of amides is 3. The molecule has 4 heterocycles. The number of tetrazole rings is 1. The van der Waals surface area contributed by atoms with Gasteiger partial charge in [-0.25, -0.2) is 9.67 Å². The van der Waals surface area contributed by atoms with Gasteiger partial charge in [-0.3, -0.25) is 19.2 Å². The van der Waals surface area contributed by atoms with E-state index in [1.165, 1.54) is 21.3 Å². The van der Waals surface area contributed by atoms with Crippen molar-refractivity contribution in [3.05, 3.63) is 23.2 Å². The highest BCUT2D eigenvalue weighted by Gasteiger charge is 2.57. The Morgan fingerprint density at radius 2 is 2.29 bits per heavy atom. The predicted octanol–water partition coefficient (Wildman–Crippen LogP) is 0.0336. The zero-order chi connectivity index (χ0) is 29.0. The number of aromatic nitrogens is 5. The molecule has 2 aromatic rings. The molecule has 3 amide bonds. The Labute approximate surface area is 245 Å². The second kappa shape index (κ2) is 12.3. The number of nitrogens with one attached hydrogen (secondary N) is 2. The summed E-state index contributed by atoms with van der Waals surface area (Å²) in [5.74, 6) is 0.591. The number of carboxylic acids is 1. The molecular formula is C23H23N9O6S3. The van der Waals surface area contributed by atoms with E-state index in [4.69, 9.17) is 11.3 Å². The van der Waals surface area contributed by atoms with Crippen molar-refractivity contribution in [2.45, 2.75) is 42.1 Å². The van der Waals surface area contributed by atoms with Crippen LogP contribution >= 0.6 is 34.9 Å². The summed E-state index contributed by atoms with van der Waals surface area (Å²) in [6, 6.07) is -0.891. The highest BCUT2D eigenvalue weighted by Crippen LogP contribution is 2.44. The fourth-order valence-electron chi connectivity index (χ4n) is 4.32. The molecule has 0 saturated carbocycles. The van der Waals surface area contributed by atoms with Crippen molar-refractivity contribution in [1.29, 1.82) is 0 Å². The third-order valence-corrected chi connectivity index (χ3v) is 10.1. The second-order valence-electron chi connectivity index (χ2n) is 9.21. The molecule has 1 aliphatic carbocycles. The van der Waals surface area contributed by atoms with E-state index in [1.807, 2.05) is 12.2 Å². The first kappa shape index (κ1) is 28.6. The molecule has 0 aromatic carbocycles. The highest BCUT2D eigenvalue weighted by molar-refractivity contribution is 8.00. The Hall–Kier alpha value is -3.95. The molecule has 0 radical (unpaired) electrons. The van der Waals surface area contributed by atoms with Crippen LogP contribution in [0.5, 0.6) is 0 Å². The third-order valence-electron chi connectivity index (χ3n) is 6.50. The first-order valence-corrected chi connectivity index (χ1v) is 15.1. The lowest BCUT2D eigenvalue weighted by Crippen LogP contribution is -2.74. The minimum absolute atomic E-state index is 0.0419. The van der Waals surface area contributed by atoms with Crippen LogP contribution < -0.4 is 10.6 Å². The van der Waals surface area contributed by atoms with Gasteiger partial charge in [-0.1, -0.05) is 28.9 Å². The Morgan fingerprint density at radius 3 is 3.02 bits per heavy atom. The molecule has 2 saturated heterocycles. The van der Waals surface area contributed by atoms with Gasteiger partial charge in [-0.05, 0) is 29.3 Å². The van der Waals surface area contributed by atoms with Crippen molar-refractivity contribution in [3.8, 4) is 12.3 Å². The fourth-order valence-corrected chi connectivity index (χ4v) is 7.71. The standard InChI is InChI=1S/C23H23N9O6S3/c1-2-7-32-22(27-29-30-32)41-11-23(20(36)37)9-31-18(35)16(19(31)40-10-23)26-17(34)15(28-38-13-5-3-4-6-13)14-8-39-21(25-14)24-12-33/h1,3,5,8,12-13,16,19H,4,6-7,9-11H2,(H,26,34)(H,36,37)(H,24,25,33)/t13?,16?,19-,23?/m1/s1. The molecule has 18 heteroatoms. The van der Waals surface area contributed by atoms with Gasteiger partial charge in [0.1, 0.15) is 35.2 Å². The normalized spacial score (nSPS) is 25.1. The molecule has 15 nitrogen and oxygen atoms in total. The van der Waals surface area contributed by atoms with Gasteiger partial charge in [0.25, 0.3) is 5.91 Å². The molecule has 214 valence electrons. The number of carboxylic acid groups (broad SMARTS) is 1. The van der Waals surface area contributed by atoms with Crippen LogP contribution in [0.1, 0.15) is 18.5 Å². The van der Waals surface area contributed by atoms with Crippen molar-refractivity contribution >= 4 is 69.9 Å². The number of anilines is 1. The van der Waals surface area contributed by atoms with E-state index in [1.54, 1.807) is 5.38 Å². The number of nitrogens with zero attached hydrogens (tertiary/aromatic N) is 7. The molecule has 41 heavy (non-hydrogen) atoms. The van der Waals surface area contributed by atoms with Gasteiger partial charge in [-0.15, -0.1) is 34.6 Å². The first-order valence-electron chi connectivity index (χ1n) is 12.2. The van der Waals surface area contributed by atoms with Crippen LogP contribution in [-0.2, 0) is 30.6 Å². The van der Waals surface area contributed by atoms with Crippen LogP contribution in [0.3, 0.4) is 0 Å². The summed E-state index contributed by atoms with van der Waals surface area (Å²) in [7, 11) is 0. The molecule has 4 atom stereocenters. The lowest BCUT2D eigenvalue weighted by Gasteiger charge is -2.53. The van der Waals surface area contributed by atoms with Crippen molar-refractivity contribution in [2.75, 3.05) is 23.4 Å². The molecule has 0 bridgehead atoms. The number of fused-ring (bicyclic) bond motifs is 1. The number of terminal acetylenes is 1. The summed E-state index contributed by atoms with van der Waals surface area (Å²) in [6.07, 6.45) is 10.8. The predicted molar refractivity (Wildman–Crippen MR) is 149 cm³/mol. The zero-order valence-electron chi connectivity index (χ0n) is 21.2. The number of oxime groups is 1. The number of thiazole rings is 1. The van der Waals surface area contributed by atoms with E-state index < -0.39 is 34.6 Å². The van der Waals surface area contributed by atoms with Crippen LogP contribution in [0.15, 0.2) is 27.8 Å². The van der Waals surface area contributed by atoms with Gasteiger partial charge in [0, 0.05) is 23.4 Å². The number of thioether (sulfide) groups is 2. The Balaban J connectivity index is 1.26. The van der Waals surface area contributed by atoms with Crippen LogP contribution in [-0.4, -0.2) is 101 Å². The third kappa shape index (κ3) is 5.92. The summed E-state index contributed by atoms with van der Waals surface area (Å²) in [6.45, 7) is 0.0987. The van der Waals surface area contributed by atoms with Crippen molar-refractivity contribution < 1.29 is 29.1 Å². The smallest absolute Gasteiger partial charge is 0.313 e. The summed E-state index contributed by atoms with van der Waals surface area (Å²) < 4.78 is 1.39. The molecular weight excluding hydrogens is 595 g/mol. The number of hydrogen-bond acceptors (Lipinski definition) is 13. The van der Waals surface area contributed by atoms with E-state index >= 15 is 0 Å². The van der Waals surface area contributed by atoms with E-state index in [0.717, 1.165) is 29.5 Å². The number of aliphatic carboxylic acids is 1. The summed E-state index contributed by atoms with van der Waals surface area (Å²) in [4.78, 5) is 60.8. The average molecular weight is 618 g/mol. The Kier molecular flexibility index (Phi) is 8.56. The average Bonchev–Trinajstić information content (AvgIpc) is 3.74. The van der Waals surface area contributed by atoms with Crippen molar-refractivity contribution in [1.82, 2.24) is 35.4 Å². The minimum atomic E-state index is -1.26. The maximum Gasteiger partial charge on any atom is 0.313 e. The van der Waals surface area contributed by atoms with Crippen molar-refractivity contribution in [3.63, 3.8) is 0 Å². The SMILES string of the molecule is C#CCn1nnnc1SCC1(C(=O)O)CS[C@@H]2C(NC(=O)C(=NOC3C=CCC3)c3csc(NC=O)n3)C(=O)N2C1. The number of allylic oxidation sites excluding steroid dienone is 1. The minimum Gasteiger partial charge on any atom is -0.481 e. The zero-order valence-corrected chi connectivity index (χ0v) is 23.7. The maximum absolute atomic E-state index is 13.3. The Bertz CT molecular complexity index is 1450. The van der Waals surface area contributed by atoms with Gasteiger partial charge in [0.2, 0.25) is 17.5 Å². The van der Waals surface area contributed by atoms with Crippen LogP contribution in [0.25, 0.3) is 0 Å². The second-order valence-corrected chi connectivity index (χ2v) is 12.1. The van der Waals surface area contributed by atoms with Gasteiger partial charge in [-0.2, -0.15) is 0 Å². The van der Waals surface area contributed by atoms with Gasteiger partial charge in [0.05, 0.1) is 0 Å². The summed E-state index contributed by atoms with van der Waals surface area (Å²) in [5, 5.41) is 32.3. The molecule has 5 rings (SSSR count). The summed E-state index contributed by atoms with van der Waals surface area (Å²) in [5.41, 5.74) is -1.23. The highest BCUT2D eigenvalue weighted by atomic mass is 32.2. The van der Waals surface area contributed by atoms with E-state index in [9.17, 15) is 24.3 Å². The number of carbonyl (C=O) groups is 4. The monoisotopic (exact) mass is 617 g/mol. The van der Waals surface area contributed by atoms with E-state index in [-0.39, 0.29) is 47.2 Å². The topological polar surface area (TPSA) is 194 Å². The van der Waals surface area contributed by atoms with E-state index in [2.05, 4.69) is 42.2 Å². The number of rotatable bonds is 12. The fraction of sp³-hybridized carbons (Fsp3) is 0.435. The molecule has 2 aliphatic heterocycles. The Morgan fingerprint density at radius 1 is 1.44 bits per heavy atom. The van der Waals surface area contributed by atoms with Crippen LogP contribution in [0, 0.1) is 17.8 Å². The molecule has 2 fully saturated rings. The lowest BCUT2D eigenvalue weighted by molar-refractivity contribution is -0.157. The molecule has 2 aromatic heterocycles. The molecule has 3 N–H and O–H groups in total. The van der Waals surface area contributed by atoms with E-state index in [0.29, 0.717) is 18.0 Å². The van der Waals surface area contributed by atoms with Crippen molar-refractivity contribution in [2.24, 2.45) is 10.6 Å². The molecule has 0 spiro atoms. The number of hydrogen-bond donors (Lipinski definition) is 3. The van der Waals surface area contributed by atoms with Crippen LogP contribution in [0.2, 0.25) is 0 Å². The quantitative estimate of drug-likeness (QED) is 0.0551. The summed E-state index contributed by atoms with van der Waals surface area (Å²) >= 11 is 3.52. The molecule has 3 aliphatic rings. The van der Waals surface area contributed by atoms with Crippen LogP contribution in [0.4, 0.5) is 5.13 Å². The number of carbonyl (C=O) groups excluding carboxylic acids is 3. The van der Waals surface area contributed by atoms with Gasteiger partial charge in [0.15, 0.2) is 10.8 Å². The van der Waals surface area contributed by atoms with Gasteiger partial charge < -0.3 is 25.5 Å².